The summed E-state index contributed by atoms with van der Waals surface area (Å²) in [5.74, 6) is -1.63. The molecular formula is C21H22FN3O5S. The monoisotopic (exact) mass is 447 g/mol. The van der Waals surface area contributed by atoms with Gasteiger partial charge in [0.2, 0.25) is 15.9 Å². The van der Waals surface area contributed by atoms with Gasteiger partial charge >= 0.3 is 0 Å². The number of amides is 2. The summed E-state index contributed by atoms with van der Waals surface area (Å²) >= 11 is 0. The van der Waals surface area contributed by atoms with Crippen molar-refractivity contribution in [3.05, 3.63) is 53.3 Å². The van der Waals surface area contributed by atoms with E-state index < -0.39 is 21.7 Å². The molecule has 2 aromatic carbocycles. The maximum atomic E-state index is 14.4. The molecule has 0 aromatic heterocycles. The van der Waals surface area contributed by atoms with Crippen LogP contribution in [-0.2, 0) is 26.0 Å². The summed E-state index contributed by atoms with van der Waals surface area (Å²) < 4.78 is 46.5. The third kappa shape index (κ3) is 4.60. The van der Waals surface area contributed by atoms with E-state index in [9.17, 15) is 22.4 Å². The van der Waals surface area contributed by atoms with Crippen LogP contribution in [-0.4, -0.2) is 50.8 Å². The minimum atomic E-state index is -3.86. The van der Waals surface area contributed by atoms with Crippen molar-refractivity contribution in [2.24, 2.45) is 0 Å². The number of fused-ring (bicyclic) bond motifs is 1. The van der Waals surface area contributed by atoms with Crippen LogP contribution in [0.4, 0.5) is 15.8 Å². The van der Waals surface area contributed by atoms with E-state index in [2.05, 4.69) is 10.6 Å². The summed E-state index contributed by atoms with van der Waals surface area (Å²) in [5.41, 5.74) is 1.62. The summed E-state index contributed by atoms with van der Waals surface area (Å²) in [7, 11) is -3.86. The van der Waals surface area contributed by atoms with E-state index in [-0.39, 0.29) is 42.7 Å². The Balaban J connectivity index is 1.57. The third-order valence-corrected chi connectivity index (χ3v) is 7.17. The number of halogens is 1. The molecular weight excluding hydrogens is 425 g/mol. The minimum Gasteiger partial charge on any atom is -0.379 e. The fraction of sp³-hybridized carbons (Fsp3) is 0.333. The topological polar surface area (TPSA) is 105 Å². The smallest absolute Gasteiger partial charge is 0.258 e. The van der Waals surface area contributed by atoms with E-state index in [1.165, 1.54) is 4.31 Å². The highest BCUT2D eigenvalue weighted by molar-refractivity contribution is 7.89. The zero-order valence-electron chi connectivity index (χ0n) is 16.7. The van der Waals surface area contributed by atoms with Gasteiger partial charge in [0.1, 0.15) is 5.82 Å². The van der Waals surface area contributed by atoms with Gasteiger partial charge in [-0.05, 0) is 54.8 Å². The lowest BCUT2D eigenvalue weighted by Gasteiger charge is -2.26. The Bertz CT molecular complexity index is 1130. The fourth-order valence-electron chi connectivity index (χ4n) is 3.63. The van der Waals surface area contributed by atoms with Gasteiger partial charge in [-0.1, -0.05) is 0 Å². The van der Waals surface area contributed by atoms with Crippen molar-refractivity contribution in [1.29, 1.82) is 0 Å². The van der Waals surface area contributed by atoms with Gasteiger partial charge in [-0.25, -0.2) is 12.8 Å². The Hall–Kier alpha value is -2.82. The van der Waals surface area contributed by atoms with E-state index in [1.807, 2.05) is 0 Å². The van der Waals surface area contributed by atoms with Crippen molar-refractivity contribution in [2.75, 3.05) is 36.9 Å². The summed E-state index contributed by atoms with van der Waals surface area (Å²) in [6.45, 7) is 0.971. The molecule has 2 heterocycles. The molecule has 0 atom stereocenters. The highest BCUT2D eigenvalue weighted by Gasteiger charge is 2.28. The van der Waals surface area contributed by atoms with Crippen LogP contribution in [0, 0.1) is 5.82 Å². The second kappa shape index (κ2) is 8.74. The Labute approximate surface area is 179 Å². The van der Waals surface area contributed by atoms with E-state index in [4.69, 9.17) is 4.74 Å². The first-order chi connectivity index (χ1) is 14.8. The molecule has 2 amide bonds. The summed E-state index contributed by atoms with van der Waals surface area (Å²) in [5, 5.41) is 5.43. The minimum absolute atomic E-state index is 0.0594. The lowest BCUT2D eigenvalue weighted by Crippen LogP contribution is -2.40. The van der Waals surface area contributed by atoms with Crippen LogP contribution in [0.15, 0.2) is 41.3 Å². The SMILES string of the molecule is O=C1CCCc2cc(NC(=O)c3cc(S(=O)(=O)N4CCOCC4)ccc3F)ccc2N1. The molecule has 164 valence electrons. The summed E-state index contributed by atoms with van der Waals surface area (Å²) in [6.07, 6.45) is 1.78. The number of morpholine rings is 1. The van der Waals surface area contributed by atoms with Gasteiger partial charge < -0.3 is 15.4 Å². The Morgan fingerprint density at radius 3 is 2.65 bits per heavy atom. The van der Waals surface area contributed by atoms with Crippen LogP contribution in [0.3, 0.4) is 0 Å². The molecule has 2 aliphatic heterocycles. The fourth-order valence-corrected chi connectivity index (χ4v) is 5.06. The zero-order chi connectivity index (χ0) is 22.0. The third-order valence-electron chi connectivity index (χ3n) is 5.28. The zero-order valence-corrected chi connectivity index (χ0v) is 17.5. The van der Waals surface area contributed by atoms with E-state index in [0.717, 1.165) is 23.8 Å². The number of sulfonamides is 1. The number of benzene rings is 2. The molecule has 0 aliphatic carbocycles. The highest BCUT2D eigenvalue weighted by atomic mass is 32.2. The number of rotatable bonds is 4. The van der Waals surface area contributed by atoms with Crippen LogP contribution in [0.1, 0.15) is 28.8 Å². The number of carbonyl (C=O) groups is 2. The lowest BCUT2D eigenvalue weighted by molar-refractivity contribution is -0.116. The van der Waals surface area contributed by atoms with Gasteiger partial charge in [-0.3, -0.25) is 9.59 Å². The number of carbonyl (C=O) groups excluding carboxylic acids is 2. The average molecular weight is 447 g/mol. The molecule has 2 aliphatic rings. The molecule has 10 heteroatoms. The normalized spacial score (nSPS) is 17.4. The largest absolute Gasteiger partial charge is 0.379 e. The van der Waals surface area contributed by atoms with Gasteiger partial charge in [0.05, 0.1) is 23.7 Å². The van der Waals surface area contributed by atoms with Gasteiger partial charge in [0.25, 0.3) is 5.91 Å². The van der Waals surface area contributed by atoms with Crippen molar-refractivity contribution in [2.45, 2.75) is 24.2 Å². The first kappa shape index (κ1) is 21.4. The highest BCUT2D eigenvalue weighted by Crippen LogP contribution is 2.26. The van der Waals surface area contributed by atoms with Crippen LogP contribution in [0.5, 0.6) is 0 Å². The number of ether oxygens (including phenoxy) is 1. The molecule has 4 rings (SSSR count). The van der Waals surface area contributed by atoms with Gasteiger partial charge in [0, 0.05) is 30.9 Å². The number of aryl methyl sites for hydroxylation is 1. The van der Waals surface area contributed by atoms with Crippen LogP contribution in [0.25, 0.3) is 0 Å². The second-order valence-corrected chi connectivity index (χ2v) is 9.32. The first-order valence-corrected chi connectivity index (χ1v) is 11.4. The quantitative estimate of drug-likeness (QED) is 0.749. The van der Waals surface area contributed by atoms with Crippen molar-refractivity contribution < 1.29 is 27.1 Å². The van der Waals surface area contributed by atoms with Crippen molar-refractivity contribution >= 4 is 33.2 Å². The standard InChI is InChI=1S/C21H22FN3O5S/c22-18-6-5-16(31(28,29)25-8-10-30-11-9-25)13-17(18)21(27)23-15-4-7-19-14(12-15)2-1-3-20(26)24-19/h4-7,12-13H,1-3,8-11H2,(H,23,27)(H,24,26). The van der Waals surface area contributed by atoms with E-state index in [0.29, 0.717) is 30.6 Å². The molecule has 0 bridgehead atoms. The van der Waals surface area contributed by atoms with Crippen molar-refractivity contribution in [3.8, 4) is 0 Å². The second-order valence-electron chi connectivity index (χ2n) is 7.39. The van der Waals surface area contributed by atoms with E-state index >= 15 is 0 Å². The molecule has 0 radical (unpaired) electrons. The van der Waals surface area contributed by atoms with Crippen molar-refractivity contribution in [1.82, 2.24) is 4.31 Å². The van der Waals surface area contributed by atoms with Gasteiger partial charge in [-0.2, -0.15) is 4.31 Å². The maximum absolute atomic E-state index is 14.4. The molecule has 0 spiro atoms. The average Bonchev–Trinajstić information content (AvgIpc) is 2.94. The summed E-state index contributed by atoms with van der Waals surface area (Å²) in [6, 6.07) is 8.21. The number of nitrogens with zero attached hydrogens (tertiary/aromatic N) is 1. The Kier molecular flexibility index (Phi) is 6.03. The molecule has 31 heavy (non-hydrogen) atoms. The molecule has 0 saturated carbocycles. The Morgan fingerprint density at radius 2 is 1.87 bits per heavy atom. The first-order valence-electron chi connectivity index (χ1n) is 9.96. The molecule has 2 aromatic rings. The summed E-state index contributed by atoms with van der Waals surface area (Å²) in [4.78, 5) is 24.3. The van der Waals surface area contributed by atoms with E-state index in [1.54, 1.807) is 18.2 Å². The van der Waals surface area contributed by atoms with Crippen LogP contribution >= 0.6 is 0 Å². The molecule has 1 saturated heterocycles. The number of hydrogen-bond acceptors (Lipinski definition) is 5. The van der Waals surface area contributed by atoms with Gasteiger partial charge in [0.15, 0.2) is 0 Å². The van der Waals surface area contributed by atoms with Crippen LogP contribution < -0.4 is 10.6 Å². The lowest BCUT2D eigenvalue weighted by atomic mass is 10.1. The van der Waals surface area contributed by atoms with Crippen molar-refractivity contribution in [3.63, 3.8) is 0 Å². The number of nitrogens with one attached hydrogen (secondary N) is 2. The predicted octanol–water partition coefficient (Wildman–Crippen LogP) is 2.37. The maximum Gasteiger partial charge on any atom is 0.258 e. The number of hydrogen-bond donors (Lipinski definition) is 2. The molecule has 8 nitrogen and oxygen atoms in total. The van der Waals surface area contributed by atoms with Crippen LogP contribution in [0.2, 0.25) is 0 Å². The molecule has 1 fully saturated rings. The molecule has 2 N–H and O–H groups in total. The predicted molar refractivity (Wildman–Crippen MR) is 112 cm³/mol. The number of anilines is 2. The van der Waals surface area contributed by atoms with Gasteiger partial charge in [-0.15, -0.1) is 0 Å². The molecule has 0 unspecified atom stereocenters. The Morgan fingerprint density at radius 1 is 1.10 bits per heavy atom.